The quantitative estimate of drug-likeness (QED) is 0.843. The highest BCUT2D eigenvalue weighted by Crippen LogP contribution is 2.27. The third-order valence-electron chi connectivity index (χ3n) is 1.52. The van der Waals surface area contributed by atoms with Gasteiger partial charge < -0.3 is 5.11 Å². The van der Waals surface area contributed by atoms with Crippen molar-refractivity contribution < 1.29 is 9.90 Å². The van der Waals surface area contributed by atoms with Crippen molar-refractivity contribution in [2.45, 2.75) is 5.33 Å². The van der Waals surface area contributed by atoms with E-state index in [2.05, 4.69) is 15.9 Å². The van der Waals surface area contributed by atoms with E-state index in [1.165, 1.54) is 12.1 Å². The number of halogens is 3. The Morgan fingerprint density at radius 2 is 2.08 bits per heavy atom. The number of carbonyl (C=O) groups is 1. The van der Waals surface area contributed by atoms with Crippen LogP contribution in [0.4, 0.5) is 0 Å². The Morgan fingerprint density at radius 3 is 2.54 bits per heavy atom. The molecule has 0 spiro atoms. The van der Waals surface area contributed by atoms with Gasteiger partial charge in [-0.05, 0) is 17.7 Å². The number of aromatic carboxylic acids is 1. The Morgan fingerprint density at radius 1 is 1.46 bits per heavy atom. The summed E-state index contributed by atoms with van der Waals surface area (Å²) >= 11 is 14.6. The highest BCUT2D eigenvalue weighted by Gasteiger charge is 2.13. The molecule has 0 saturated heterocycles. The number of rotatable bonds is 2. The zero-order chi connectivity index (χ0) is 10.0. The summed E-state index contributed by atoms with van der Waals surface area (Å²) in [5, 5.41) is 9.89. The largest absolute Gasteiger partial charge is 0.478 e. The van der Waals surface area contributed by atoms with Gasteiger partial charge in [0.05, 0.1) is 5.56 Å². The number of hydrogen-bond donors (Lipinski definition) is 1. The molecule has 1 aromatic carbocycles. The highest BCUT2D eigenvalue weighted by atomic mass is 79.9. The molecular weight excluding hydrogens is 279 g/mol. The molecule has 5 heteroatoms. The number of carboxylic acids is 1. The van der Waals surface area contributed by atoms with Crippen LogP contribution in [-0.2, 0) is 5.33 Å². The standard InChI is InChI=1S/C8H5BrCl2O2/c9-3-6-5(8(12)13)1-4(10)2-7(6)11/h1-2H,3H2,(H,12,13). The van der Waals surface area contributed by atoms with E-state index in [0.29, 0.717) is 20.9 Å². The van der Waals surface area contributed by atoms with Crippen molar-refractivity contribution in [2.24, 2.45) is 0 Å². The Hall–Kier alpha value is -0.250. The molecular formula is C8H5BrCl2O2. The van der Waals surface area contributed by atoms with Crippen LogP contribution in [-0.4, -0.2) is 11.1 Å². The fourth-order valence-electron chi connectivity index (χ4n) is 0.930. The molecule has 0 aliphatic carbocycles. The van der Waals surface area contributed by atoms with E-state index in [1.54, 1.807) is 0 Å². The van der Waals surface area contributed by atoms with Gasteiger partial charge in [-0.25, -0.2) is 4.79 Å². The predicted molar refractivity (Wildman–Crippen MR) is 56.1 cm³/mol. The van der Waals surface area contributed by atoms with Crippen molar-refractivity contribution in [2.75, 3.05) is 0 Å². The fraction of sp³-hybridized carbons (Fsp3) is 0.125. The van der Waals surface area contributed by atoms with Crippen LogP contribution in [0.1, 0.15) is 15.9 Å². The molecule has 0 heterocycles. The van der Waals surface area contributed by atoms with Gasteiger partial charge in [-0.2, -0.15) is 0 Å². The average Bonchev–Trinajstić information content (AvgIpc) is 2.02. The predicted octanol–water partition coefficient (Wildman–Crippen LogP) is 3.59. The average molecular weight is 284 g/mol. The van der Waals surface area contributed by atoms with Crippen LogP contribution in [0.5, 0.6) is 0 Å². The van der Waals surface area contributed by atoms with Gasteiger partial charge in [0.25, 0.3) is 0 Å². The van der Waals surface area contributed by atoms with Gasteiger partial charge in [0.1, 0.15) is 0 Å². The molecule has 70 valence electrons. The first-order chi connectivity index (χ1) is 6.06. The summed E-state index contributed by atoms with van der Waals surface area (Å²) in [5.74, 6) is -1.03. The molecule has 0 amide bonds. The van der Waals surface area contributed by atoms with E-state index >= 15 is 0 Å². The van der Waals surface area contributed by atoms with Crippen molar-refractivity contribution in [3.63, 3.8) is 0 Å². The van der Waals surface area contributed by atoms with Crippen molar-refractivity contribution in [3.05, 3.63) is 33.3 Å². The van der Waals surface area contributed by atoms with Gasteiger partial charge in [0.2, 0.25) is 0 Å². The molecule has 1 N–H and O–H groups in total. The highest BCUT2D eigenvalue weighted by molar-refractivity contribution is 9.08. The molecule has 0 fully saturated rings. The summed E-state index contributed by atoms with van der Waals surface area (Å²) in [7, 11) is 0. The lowest BCUT2D eigenvalue weighted by Crippen LogP contribution is -2.01. The minimum Gasteiger partial charge on any atom is -0.478 e. The summed E-state index contributed by atoms with van der Waals surface area (Å²) < 4.78 is 0. The molecule has 0 radical (unpaired) electrons. The van der Waals surface area contributed by atoms with Crippen LogP contribution in [0.15, 0.2) is 12.1 Å². The Kier molecular flexibility index (Phi) is 3.59. The molecule has 13 heavy (non-hydrogen) atoms. The van der Waals surface area contributed by atoms with Crippen LogP contribution in [0, 0.1) is 0 Å². The van der Waals surface area contributed by atoms with Crippen molar-refractivity contribution in [1.29, 1.82) is 0 Å². The summed E-state index contributed by atoms with van der Waals surface area (Å²) in [4.78, 5) is 10.7. The molecule has 0 aromatic heterocycles. The molecule has 0 aliphatic heterocycles. The third-order valence-corrected chi connectivity index (χ3v) is 2.64. The topological polar surface area (TPSA) is 37.3 Å². The monoisotopic (exact) mass is 282 g/mol. The molecule has 2 nitrogen and oxygen atoms in total. The van der Waals surface area contributed by atoms with Crippen molar-refractivity contribution >= 4 is 45.1 Å². The van der Waals surface area contributed by atoms with E-state index in [4.69, 9.17) is 28.3 Å². The zero-order valence-electron chi connectivity index (χ0n) is 6.35. The maximum absolute atomic E-state index is 10.7. The Balaban J connectivity index is 3.38. The number of benzene rings is 1. The molecule has 0 saturated carbocycles. The summed E-state index contributed by atoms with van der Waals surface area (Å²) in [5.41, 5.74) is 0.674. The Bertz CT molecular complexity index is 352. The molecule has 0 unspecified atom stereocenters. The molecule has 1 aromatic rings. The first kappa shape index (κ1) is 10.8. The van der Waals surface area contributed by atoms with Gasteiger partial charge in [-0.3, -0.25) is 0 Å². The van der Waals surface area contributed by atoms with E-state index < -0.39 is 5.97 Å². The summed E-state index contributed by atoms with van der Waals surface area (Å²) in [6.07, 6.45) is 0. The summed E-state index contributed by atoms with van der Waals surface area (Å²) in [6.45, 7) is 0. The smallest absolute Gasteiger partial charge is 0.336 e. The van der Waals surface area contributed by atoms with Gasteiger partial charge in [-0.15, -0.1) is 0 Å². The Labute approximate surface area is 93.6 Å². The van der Waals surface area contributed by atoms with Gasteiger partial charge >= 0.3 is 5.97 Å². The van der Waals surface area contributed by atoms with Gasteiger partial charge in [0, 0.05) is 15.4 Å². The number of hydrogen-bond acceptors (Lipinski definition) is 1. The van der Waals surface area contributed by atoms with Crippen LogP contribution >= 0.6 is 39.1 Å². The van der Waals surface area contributed by atoms with E-state index in [-0.39, 0.29) is 5.56 Å². The maximum Gasteiger partial charge on any atom is 0.336 e. The second-order valence-corrected chi connectivity index (χ2v) is 3.76. The number of carboxylic acid groups (broad SMARTS) is 1. The van der Waals surface area contributed by atoms with Crippen LogP contribution in [0.3, 0.4) is 0 Å². The van der Waals surface area contributed by atoms with Gasteiger partial charge in [-0.1, -0.05) is 39.1 Å². The maximum atomic E-state index is 10.7. The van der Waals surface area contributed by atoms with E-state index in [1.807, 2.05) is 0 Å². The first-order valence-corrected chi connectivity index (χ1v) is 5.21. The second-order valence-electron chi connectivity index (χ2n) is 2.35. The second kappa shape index (κ2) is 4.31. The normalized spacial score (nSPS) is 10.1. The van der Waals surface area contributed by atoms with Crippen molar-refractivity contribution in [1.82, 2.24) is 0 Å². The molecule has 0 bridgehead atoms. The molecule has 1 rings (SSSR count). The first-order valence-electron chi connectivity index (χ1n) is 3.33. The SMILES string of the molecule is O=C(O)c1cc(Cl)cc(Cl)c1CBr. The minimum atomic E-state index is -1.03. The van der Waals surface area contributed by atoms with Crippen LogP contribution in [0.25, 0.3) is 0 Å². The lowest BCUT2D eigenvalue weighted by Gasteiger charge is -2.05. The fourth-order valence-corrected chi connectivity index (χ4v) is 2.26. The van der Waals surface area contributed by atoms with Crippen molar-refractivity contribution in [3.8, 4) is 0 Å². The van der Waals surface area contributed by atoms with Crippen LogP contribution < -0.4 is 0 Å². The van der Waals surface area contributed by atoms with Gasteiger partial charge in [0.15, 0.2) is 0 Å². The van der Waals surface area contributed by atoms with Crippen LogP contribution in [0.2, 0.25) is 10.0 Å². The third kappa shape index (κ3) is 2.36. The molecule has 0 aliphatic rings. The lowest BCUT2D eigenvalue weighted by molar-refractivity contribution is 0.0696. The zero-order valence-corrected chi connectivity index (χ0v) is 9.45. The van der Waals surface area contributed by atoms with E-state index in [0.717, 1.165) is 0 Å². The summed E-state index contributed by atoms with van der Waals surface area (Å²) in [6, 6.07) is 2.90. The lowest BCUT2D eigenvalue weighted by atomic mass is 10.1. The van der Waals surface area contributed by atoms with E-state index in [9.17, 15) is 4.79 Å². The number of alkyl halides is 1. The molecule has 0 atom stereocenters. The minimum absolute atomic E-state index is 0.134.